The first-order valence-corrected chi connectivity index (χ1v) is 6.86. The molecule has 3 nitrogen and oxygen atoms in total. The summed E-state index contributed by atoms with van der Waals surface area (Å²) in [5, 5.41) is 15.0. The van der Waals surface area contributed by atoms with Crippen LogP contribution in [0.5, 0.6) is 0 Å². The summed E-state index contributed by atoms with van der Waals surface area (Å²) in [7, 11) is 0. The molecule has 1 heterocycles. The monoisotopic (exact) mass is 258 g/mol. The van der Waals surface area contributed by atoms with Gasteiger partial charge in [-0.05, 0) is 20.3 Å². The molecule has 1 unspecified atom stereocenters. The third-order valence-electron chi connectivity index (χ3n) is 2.92. The summed E-state index contributed by atoms with van der Waals surface area (Å²) in [5.74, 6) is 0. The summed E-state index contributed by atoms with van der Waals surface area (Å²) in [6.45, 7) is 6.26. The van der Waals surface area contributed by atoms with E-state index >= 15 is 0 Å². The van der Waals surface area contributed by atoms with E-state index in [4.69, 9.17) is 11.6 Å². The number of hydrogen-bond acceptors (Lipinski definition) is 2. The van der Waals surface area contributed by atoms with Gasteiger partial charge in [-0.3, -0.25) is 4.68 Å². The van der Waals surface area contributed by atoms with Gasteiger partial charge in [0.15, 0.2) is 0 Å². The summed E-state index contributed by atoms with van der Waals surface area (Å²) in [5.41, 5.74) is 0.762. The molecule has 0 aliphatic rings. The maximum absolute atomic E-state index is 10.2. The summed E-state index contributed by atoms with van der Waals surface area (Å²) in [6, 6.07) is 0.225. The van der Waals surface area contributed by atoms with Crippen molar-refractivity contribution in [2.45, 2.75) is 65.0 Å². The fraction of sp³-hybridized carbons (Fsp3) is 0.769. The lowest BCUT2D eigenvalue weighted by molar-refractivity contribution is 0.150. The van der Waals surface area contributed by atoms with Gasteiger partial charge >= 0.3 is 0 Å². The highest BCUT2D eigenvalue weighted by Crippen LogP contribution is 2.28. The van der Waals surface area contributed by atoms with Gasteiger partial charge in [0, 0.05) is 6.04 Å². The van der Waals surface area contributed by atoms with E-state index in [0.717, 1.165) is 18.5 Å². The molecule has 4 heteroatoms. The molecule has 0 aliphatic carbocycles. The summed E-state index contributed by atoms with van der Waals surface area (Å²) in [6.07, 6.45) is 6.52. The minimum absolute atomic E-state index is 0.225. The largest absolute Gasteiger partial charge is 0.387 e. The zero-order valence-electron chi connectivity index (χ0n) is 11.0. The number of unbranched alkanes of at least 4 members (excludes halogenated alkanes) is 3. The van der Waals surface area contributed by atoms with E-state index < -0.39 is 6.10 Å². The van der Waals surface area contributed by atoms with Crippen LogP contribution in [0, 0.1) is 0 Å². The molecule has 0 bridgehead atoms. The highest BCUT2D eigenvalue weighted by Gasteiger charge is 2.19. The van der Waals surface area contributed by atoms with Gasteiger partial charge < -0.3 is 5.11 Å². The Morgan fingerprint density at radius 1 is 1.35 bits per heavy atom. The quantitative estimate of drug-likeness (QED) is 0.747. The molecule has 0 spiro atoms. The normalized spacial score (nSPS) is 13.3. The van der Waals surface area contributed by atoms with E-state index in [1.165, 1.54) is 19.3 Å². The van der Waals surface area contributed by atoms with E-state index in [0.29, 0.717) is 5.02 Å². The highest BCUT2D eigenvalue weighted by atomic mass is 35.5. The topological polar surface area (TPSA) is 38.1 Å². The molecule has 0 radical (unpaired) electrons. The van der Waals surface area contributed by atoms with E-state index in [1.54, 1.807) is 6.20 Å². The van der Waals surface area contributed by atoms with Crippen LogP contribution < -0.4 is 0 Å². The van der Waals surface area contributed by atoms with Crippen LogP contribution in [0.1, 0.15) is 70.7 Å². The predicted octanol–water partition coefficient (Wildman–Crippen LogP) is 4.12. The fourth-order valence-corrected chi connectivity index (χ4v) is 2.23. The van der Waals surface area contributed by atoms with Crippen molar-refractivity contribution in [2.24, 2.45) is 0 Å². The van der Waals surface area contributed by atoms with Crippen molar-refractivity contribution >= 4 is 11.6 Å². The maximum atomic E-state index is 10.2. The van der Waals surface area contributed by atoms with Crippen molar-refractivity contribution in [2.75, 3.05) is 0 Å². The fourth-order valence-electron chi connectivity index (χ4n) is 1.98. The lowest BCUT2D eigenvalue weighted by Crippen LogP contribution is -2.11. The van der Waals surface area contributed by atoms with Crippen molar-refractivity contribution < 1.29 is 5.11 Å². The number of hydrogen-bond donors (Lipinski definition) is 1. The third-order valence-corrected chi connectivity index (χ3v) is 3.21. The summed E-state index contributed by atoms with van der Waals surface area (Å²) in [4.78, 5) is 0. The smallest absolute Gasteiger partial charge is 0.0972 e. The van der Waals surface area contributed by atoms with Gasteiger partial charge in [-0.1, -0.05) is 44.2 Å². The number of halogens is 1. The SMILES string of the molecule is CCCCCCC(O)c1c(Cl)cnn1C(C)C. The van der Waals surface area contributed by atoms with Gasteiger partial charge in [0.1, 0.15) is 0 Å². The second-order valence-electron chi connectivity index (χ2n) is 4.78. The first-order valence-electron chi connectivity index (χ1n) is 6.48. The van der Waals surface area contributed by atoms with Gasteiger partial charge in [0.05, 0.1) is 23.0 Å². The molecule has 98 valence electrons. The van der Waals surface area contributed by atoms with Crippen LogP contribution in [-0.4, -0.2) is 14.9 Å². The average Bonchev–Trinajstić information content (AvgIpc) is 2.66. The molecule has 0 aliphatic heterocycles. The van der Waals surface area contributed by atoms with Crippen LogP contribution in [0.3, 0.4) is 0 Å². The average molecular weight is 259 g/mol. The second kappa shape index (κ2) is 7.02. The van der Waals surface area contributed by atoms with Gasteiger partial charge in [-0.2, -0.15) is 5.10 Å². The molecule has 0 saturated heterocycles. The molecule has 0 saturated carbocycles. The number of rotatable bonds is 7. The molecule has 1 rings (SSSR count). The Morgan fingerprint density at radius 2 is 2.06 bits per heavy atom. The van der Waals surface area contributed by atoms with Crippen LogP contribution in [0.15, 0.2) is 6.20 Å². The minimum atomic E-state index is -0.496. The summed E-state index contributed by atoms with van der Waals surface area (Å²) >= 11 is 6.08. The highest BCUT2D eigenvalue weighted by molar-refractivity contribution is 6.31. The number of aliphatic hydroxyl groups is 1. The Bertz CT molecular complexity index is 336. The van der Waals surface area contributed by atoms with Crippen LogP contribution in [0.2, 0.25) is 5.02 Å². The molecule has 0 aromatic carbocycles. The van der Waals surface area contributed by atoms with Crippen molar-refractivity contribution in [3.05, 3.63) is 16.9 Å². The molecule has 17 heavy (non-hydrogen) atoms. The number of aliphatic hydroxyl groups excluding tert-OH is 1. The molecular weight excluding hydrogens is 236 g/mol. The first-order chi connectivity index (χ1) is 8.07. The number of nitrogens with zero attached hydrogens (tertiary/aromatic N) is 2. The molecule has 1 aromatic heterocycles. The Labute approximate surface area is 109 Å². The third kappa shape index (κ3) is 4.00. The minimum Gasteiger partial charge on any atom is -0.387 e. The van der Waals surface area contributed by atoms with E-state index in [2.05, 4.69) is 12.0 Å². The maximum Gasteiger partial charge on any atom is 0.0972 e. The summed E-state index contributed by atoms with van der Waals surface area (Å²) < 4.78 is 1.81. The van der Waals surface area contributed by atoms with Crippen LogP contribution in [0.25, 0.3) is 0 Å². The van der Waals surface area contributed by atoms with Gasteiger partial charge in [-0.25, -0.2) is 0 Å². The second-order valence-corrected chi connectivity index (χ2v) is 5.19. The lowest BCUT2D eigenvalue weighted by atomic mass is 10.1. The first kappa shape index (κ1) is 14.5. The Morgan fingerprint density at radius 3 is 2.65 bits per heavy atom. The van der Waals surface area contributed by atoms with Crippen LogP contribution in [0.4, 0.5) is 0 Å². The van der Waals surface area contributed by atoms with Crippen molar-refractivity contribution in [1.29, 1.82) is 0 Å². The van der Waals surface area contributed by atoms with Gasteiger partial charge in [-0.15, -0.1) is 0 Å². The molecule has 1 atom stereocenters. The van der Waals surface area contributed by atoms with Crippen molar-refractivity contribution in [3.63, 3.8) is 0 Å². The number of aromatic nitrogens is 2. The predicted molar refractivity (Wildman–Crippen MR) is 71.3 cm³/mol. The lowest BCUT2D eigenvalue weighted by Gasteiger charge is -2.16. The van der Waals surface area contributed by atoms with E-state index in [1.807, 2.05) is 18.5 Å². The van der Waals surface area contributed by atoms with Crippen LogP contribution >= 0.6 is 11.6 Å². The molecule has 0 fully saturated rings. The Kier molecular flexibility index (Phi) is 6.00. The Balaban J connectivity index is 2.61. The van der Waals surface area contributed by atoms with Crippen LogP contribution in [-0.2, 0) is 0 Å². The molecular formula is C13H23ClN2O. The standard InChI is InChI=1S/C13H23ClN2O/c1-4-5-6-7-8-12(17)13-11(14)9-15-16(13)10(2)3/h9-10,12,17H,4-8H2,1-3H3. The van der Waals surface area contributed by atoms with E-state index in [9.17, 15) is 5.11 Å². The van der Waals surface area contributed by atoms with E-state index in [-0.39, 0.29) is 6.04 Å². The van der Waals surface area contributed by atoms with Crippen molar-refractivity contribution in [1.82, 2.24) is 9.78 Å². The van der Waals surface area contributed by atoms with Gasteiger partial charge in [0.25, 0.3) is 0 Å². The molecule has 0 amide bonds. The Hall–Kier alpha value is -0.540. The molecule has 1 aromatic rings. The molecule has 1 N–H and O–H groups in total. The zero-order valence-corrected chi connectivity index (χ0v) is 11.7. The van der Waals surface area contributed by atoms with Gasteiger partial charge in [0.2, 0.25) is 0 Å². The zero-order chi connectivity index (χ0) is 12.8. The van der Waals surface area contributed by atoms with Crippen molar-refractivity contribution in [3.8, 4) is 0 Å².